The summed E-state index contributed by atoms with van der Waals surface area (Å²) in [6.07, 6.45) is 5.00. The summed E-state index contributed by atoms with van der Waals surface area (Å²) >= 11 is 0. The van der Waals surface area contributed by atoms with Gasteiger partial charge in [-0.1, -0.05) is 54.6 Å². The molecule has 0 saturated carbocycles. The number of carbonyl (C=O) groups is 3. The largest absolute Gasteiger partial charge is 0.490 e. The molecule has 1 saturated heterocycles. The number of halogens is 3. The van der Waals surface area contributed by atoms with Crippen LogP contribution in [0.3, 0.4) is 0 Å². The fourth-order valence-electron chi connectivity index (χ4n) is 6.33. The van der Waals surface area contributed by atoms with Gasteiger partial charge in [-0.25, -0.2) is 4.79 Å². The number of aromatic amines is 1. The zero-order chi connectivity index (χ0) is 38.0. The van der Waals surface area contributed by atoms with E-state index < -0.39 is 17.9 Å². The van der Waals surface area contributed by atoms with Gasteiger partial charge in [0, 0.05) is 54.5 Å². The molecule has 1 aliphatic heterocycles. The Morgan fingerprint density at radius 2 is 1.70 bits per heavy atom. The van der Waals surface area contributed by atoms with Crippen LogP contribution in [0.5, 0.6) is 0 Å². The summed E-state index contributed by atoms with van der Waals surface area (Å²) in [6, 6.07) is 23.7. The molecule has 0 radical (unpaired) electrons. The molecule has 10 nitrogen and oxygen atoms in total. The number of aliphatic carboxylic acids is 1. The van der Waals surface area contributed by atoms with Crippen LogP contribution in [0.4, 0.5) is 13.2 Å². The molecule has 53 heavy (non-hydrogen) atoms. The number of rotatable bonds is 12. The Bertz CT molecular complexity index is 1970. The van der Waals surface area contributed by atoms with Gasteiger partial charge in [0.2, 0.25) is 5.91 Å². The summed E-state index contributed by atoms with van der Waals surface area (Å²) in [7, 11) is 0. The Labute approximate surface area is 305 Å². The number of allylic oxidation sites excluding steroid dienone is 1. The molecule has 1 aromatic heterocycles. The number of amides is 2. The van der Waals surface area contributed by atoms with E-state index in [1.807, 2.05) is 85.9 Å². The summed E-state index contributed by atoms with van der Waals surface area (Å²) in [5, 5.41) is 22.0. The smallest absolute Gasteiger partial charge is 0.475 e. The molecule has 1 atom stereocenters. The van der Waals surface area contributed by atoms with Crippen molar-refractivity contribution in [3.8, 4) is 11.1 Å². The second-order valence-corrected chi connectivity index (χ2v) is 12.8. The van der Waals surface area contributed by atoms with E-state index in [1.54, 1.807) is 17.1 Å². The Morgan fingerprint density at radius 1 is 1.00 bits per heavy atom. The van der Waals surface area contributed by atoms with E-state index in [1.165, 1.54) is 12.8 Å². The average molecular weight is 733 g/mol. The van der Waals surface area contributed by atoms with Gasteiger partial charge in [-0.15, -0.1) is 0 Å². The summed E-state index contributed by atoms with van der Waals surface area (Å²) in [4.78, 5) is 43.3. The Balaban J connectivity index is 0.000000705. The number of carboxylic acid groups (broad SMARTS) is 1. The monoisotopic (exact) mass is 732 g/mol. The first-order valence-corrected chi connectivity index (χ1v) is 17.5. The van der Waals surface area contributed by atoms with Crippen LogP contribution in [0, 0.1) is 0 Å². The fraction of sp³-hybridized carbons (Fsp3) is 0.325. The van der Waals surface area contributed by atoms with Crippen molar-refractivity contribution in [2.24, 2.45) is 0 Å². The molecule has 2 aliphatic rings. The van der Waals surface area contributed by atoms with Crippen LogP contribution in [-0.4, -0.2) is 87.5 Å². The van der Waals surface area contributed by atoms with E-state index in [9.17, 15) is 27.9 Å². The Morgan fingerprint density at radius 3 is 2.38 bits per heavy atom. The molecule has 1 aliphatic carbocycles. The Kier molecular flexibility index (Phi) is 12.9. The number of carbonyl (C=O) groups excluding carboxylic acids is 2. The lowest BCUT2D eigenvalue weighted by Gasteiger charge is -2.31. The minimum Gasteiger partial charge on any atom is -0.475 e. The van der Waals surface area contributed by atoms with E-state index >= 15 is 0 Å². The van der Waals surface area contributed by atoms with Crippen LogP contribution in [0.2, 0.25) is 0 Å². The number of likely N-dealkylation sites (tertiary alicyclic amines) is 1. The number of fused-ring (bicyclic) bond motifs is 1. The summed E-state index contributed by atoms with van der Waals surface area (Å²) in [5.41, 5.74) is 6.11. The predicted octanol–water partition coefficient (Wildman–Crippen LogP) is 6.43. The van der Waals surface area contributed by atoms with Crippen LogP contribution in [-0.2, 0) is 27.3 Å². The lowest BCUT2D eigenvalue weighted by atomic mass is 9.99. The van der Waals surface area contributed by atoms with E-state index in [2.05, 4.69) is 21.3 Å². The van der Waals surface area contributed by atoms with Crippen LogP contribution in [0.1, 0.15) is 47.7 Å². The van der Waals surface area contributed by atoms with Crippen molar-refractivity contribution in [3.05, 3.63) is 120 Å². The van der Waals surface area contributed by atoms with E-state index in [0.29, 0.717) is 31.0 Å². The van der Waals surface area contributed by atoms with Crippen LogP contribution in [0.15, 0.2) is 103 Å². The van der Waals surface area contributed by atoms with Gasteiger partial charge in [0.25, 0.3) is 5.91 Å². The SMILES string of the molecule is CCOC1(O)C=CC(N(Cc2cccc(-c3cccc(C(=O)NCCN4CCCC4)c3)c2)C(=O)Cc2c[nH]c3ccccc23)=CC1.O=C(O)C(F)(F)F. The van der Waals surface area contributed by atoms with E-state index in [0.717, 1.165) is 52.8 Å². The highest BCUT2D eigenvalue weighted by atomic mass is 19.4. The number of aromatic nitrogens is 1. The minimum absolute atomic E-state index is 0.0551. The van der Waals surface area contributed by atoms with Gasteiger partial charge >= 0.3 is 12.1 Å². The second kappa shape index (κ2) is 17.5. The van der Waals surface area contributed by atoms with Crippen LogP contribution < -0.4 is 5.32 Å². The molecular formula is C40H43F3N4O6. The molecule has 1 unspecified atom stereocenters. The number of nitrogens with one attached hydrogen (secondary N) is 2. The van der Waals surface area contributed by atoms with Crippen molar-refractivity contribution >= 4 is 28.7 Å². The van der Waals surface area contributed by atoms with E-state index in [-0.39, 0.29) is 24.7 Å². The number of hydrogen-bond donors (Lipinski definition) is 4. The predicted molar refractivity (Wildman–Crippen MR) is 195 cm³/mol. The molecule has 1 fully saturated rings. The average Bonchev–Trinajstić information content (AvgIpc) is 3.81. The summed E-state index contributed by atoms with van der Waals surface area (Å²) in [5.74, 6) is -4.27. The van der Waals surface area contributed by atoms with Crippen molar-refractivity contribution in [3.63, 3.8) is 0 Å². The molecular weight excluding hydrogens is 689 g/mol. The highest BCUT2D eigenvalue weighted by Gasteiger charge is 2.38. The van der Waals surface area contributed by atoms with Crippen molar-refractivity contribution in [2.75, 3.05) is 32.8 Å². The highest BCUT2D eigenvalue weighted by molar-refractivity contribution is 5.95. The lowest BCUT2D eigenvalue weighted by Crippen LogP contribution is -2.35. The van der Waals surface area contributed by atoms with Gasteiger partial charge in [-0.05, 0) is 91.5 Å². The maximum Gasteiger partial charge on any atom is 0.490 e. The number of ether oxygens (including phenoxy) is 1. The van der Waals surface area contributed by atoms with Crippen molar-refractivity contribution in [2.45, 2.75) is 51.1 Å². The Hall–Kier alpha value is -5.24. The van der Waals surface area contributed by atoms with E-state index in [4.69, 9.17) is 14.6 Å². The van der Waals surface area contributed by atoms with Gasteiger partial charge in [0.05, 0.1) is 13.0 Å². The third-order valence-electron chi connectivity index (χ3n) is 9.02. The van der Waals surface area contributed by atoms with Crippen LogP contribution in [0.25, 0.3) is 22.0 Å². The maximum atomic E-state index is 14.0. The zero-order valence-corrected chi connectivity index (χ0v) is 29.4. The first kappa shape index (κ1) is 39.0. The van der Waals surface area contributed by atoms with Crippen LogP contribution >= 0.6 is 0 Å². The third kappa shape index (κ3) is 10.7. The molecule has 2 amide bonds. The number of carboxylic acids is 1. The normalized spacial score (nSPS) is 17.2. The standard InChI is InChI=1S/C38H42N4O4.C2HF3O2/c1-2-46-38(45)17-15-33(16-18-38)42(36(43)25-32-26-40-35-14-4-3-13-34(32)35)27-28-9-7-10-29(23-28)30-11-8-12-31(24-30)37(44)39-19-22-41-20-5-6-21-41;3-2(4,5)1(6)7/h3-4,7-17,23-24,26,40,45H,2,5-6,18-22,25,27H2,1H3,(H,39,44);(H,6,7). The molecule has 13 heteroatoms. The number of alkyl halides is 3. The van der Waals surface area contributed by atoms with Gasteiger partial charge in [-0.3, -0.25) is 9.59 Å². The van der Waals surface area contributed by atoms with Gasteiger partial charge < -0.3 is 35.1 Å². The topological polar surface area (TPSA) is 135 Å². The van der Waals surface area contributed by atoms with Crippen molar-refractivity contribution in [1.82, 2.24) is 20.1 Å². The maximum absolute atomic E-state index is 14.0. The number of nitrogens with zero attached hydrogens (tertiary/aromatic N) is 2. The molecule has 4 aromatic rings. The second-order valence-electron chi connectivity index (χ2n) is 12.8. The van der Waals surface area contributed by atoms with Gasteiger partial charge in [-0.2, -0.15) is 13.2 Å². The lowest BCUT2D eigenvalue weighted by molar-refractivity contribution is -0.192. The first-order valence-electron chi connectivity index (χ1n) is 17.5. The minimum atomic E-state index is -5.08. The molecule has 6 rings (SSSR count). The number of benzene rings is 3. The van der Waals surface area contributed by atoms with Crippen molar-refractivity contribution < 1.29 is 42.5 Å². The molecule has 0 spiro atoms. The van der Waals surface area contributed by atoms with Gasteiger partial charge in [0.1, 0.15) is 0 Å². The number of hydrogen-bond acceptors (Lipinski definition) is 6. The summed E-state index contributed by atoms with van der Waals surface area (Å²) in [6.45, 7) is 6.28. The molecule has 280 valence electrons. The zero-order valence-electron chi connectivity index (χ0n) is 29.4. The van der Waals surface area contributed by atoms with Crippen molar-refractivity contribution in [1.29, 1.82) is 0 Å². The van der Waals surface area contributed by atoms with Gasteiger partial charge in [0.15, 0.2) is 5.79 Å². The quantitative estimate of drug-likeness (QED) is 0.123. The molecule has 4 N–H and O–H groups in total. The number of H-pyrrole nitrogens is 1. The number of aliphatic hydroxyl groups is 1. The molecule has 0 bridgehead atoms. The molecule has 2 heterocycles. The summed E-state index contributed by atoms with van der Waals surface area (Å²) < 4.78 is 37.3. The fourth-order valence-corrected chi connectivity index (χ4v) is 6.33. The molecule has 3 aromatic carbocycles. The third-order valence-corrected chi connectivity index (χ3v) is 9.02. The highest BCUT2D eigenvalue weighted by Crippen LogP contribution is 2.28. The first-order chi connectivity index (χ1) is 25.3. The number of para-hydroxylation sites is 1.